The molecule has 4 nitrogen and oxygen atoms in total. The van der Waals surface area contributed by atoms with Crippen LogP contribution in [0.2, 0.25) is 0 Å². The van der Waals surface area contributed by atoms with Crippen molar-refractivity contribution in [1.82, 2.24) is 4.72 Å². The zero-order chi connectivity index (χ0) is 15.5. The van der Waals surface area contributed by atoms with Gasteiger partial charge in [0.05, 0.1) is 4.90 Å². The fourth-order valence-corrected chi connectivity index (χ4v) is 4.34. The second kappa shape index (κ2) is 6.60. The highest BCUT2D eigenvalue weighted by molar-refractivity contribution is 7.89. The first-order chi connectivity index (χ1) is 9.97. The lowest BCUT2D eigenvalue weighted by Gasteiger charge is -2.14. The maximum atomic E-state index is 12.6. The van der Waals surface area contributed by atoms with Gasteiger partial charge >= 0.3 is 0 Å². The summed E-state index contributed by atoms with van der Waals surface area (Å²) in [6, 6.07) is 7.40. The first kappa shape index (κ1) is 16.0. The van der Waals surface area contributed by atoms with Crippen molar-refractivity contribution in [2.24, 2.45) is 0 Å². The van der Waals surface area contributed by atoms with Crippen LogP contribution in [0.4, 0.5) is 5.69 Å². The summed E-state index contributed by atoms with van der Waals surface area (Å²) in [5, 5.41) is 1.93. The van der Waals surface area contributed by atoms with Crippen molar-refractivity contribution >= 4 is 27.0 Å². The van der Waals surface area contributed by atoms with Gasteiger partial charge < -0.3 is 5.73 Å². The molecule has 0 atom stereocenters. The van der Waals surface area contributed by atoms with Crippen LogP contribution in [0, 0.1) is 0 Å². The van der Waals surface area contributed by atoms with Gasteiger partial charge in [-0.2, -0.15) is 0 Å². The van der Waals surface area contributed by atoms with E-state index in [0.29, 0.717) is 29.1 Å². The minimum absolute atomic E-state index is 0.304. The van der Waals surface area contributed by atoms with Crippen molar-refractivity contribution in [3.8, 4) is 0 Å². The van der Waals surface area contributed by atoms with Gasteiger partial charge in [-0.3, -0.25) is 0 Å². The number of anilines is 1. The molecule has 21 heavy (non-hydrogen) atoms. The molecule has 2 rings (SSSR count). The van der Waals surface area contributed by atoms with Crippen LogP contribution in [-0.2, 0) is 29.4 Å². The normalized spacial score (nSPS) is 11.7. The van der Waals surface area contributed by atoms with Gasteiger partial charge in [0.15, 0.2) is 0 Å². The molecule has 0 saturated heterocycles. The highest BCUT2D eigenvalue weighted by atomic mass is 32.2. The third-order valence-corrected chi connectivity index (χ3v) is 5.72. The molecule has 1 aromatic carbocycles. The molecule has 0 spiro atoms. The smallest absolute Gasteiger partial charge is 0.241 e. The Bertz CT molecular complexity index is 708. The number of benzene rings is 1. The van der Waals surface area contributed by atoms with Crippen LogP contribution < -0.4 is 10.5 Å². The van der Waals surface area contributed by atoms with Crippen molar-refractivity contribution in [3.05, 3.63) is 45.6 Å². The SMILES string of the molecule is CCc1cc(N)c(CC)c(S(=O)(=O)NCc2cccs2)c1. The molecule has 1 aromatic heterocycles. The molecule has 0 aliphatic heterocycles. The Labute approximate surface area is 130 Å². The summed E-state index contributed by atoms with van der Waals surface area (Å²) in [5.41, 5.74) is 8.17. The number of aryl methyl sites for hydroxylation is 1. The Morgan fingerprint density at radius 3 is 2.57 bits per heavy atom. The van der Waals surface area contributed by atoms with E-state index < -0.39 is 10.0 Å². The molecule has 0 unspecified atom stereocenters. The fourth-order valence-electron chi connectivity index (χ4n) is 2.21. The summed E-state index contributed by atoms with van der Waals surface area (Å²) in [6.07, 6.45) is 1.34. The Kier molecular flexibility index (Phi) is 5.03. The van der Waals surface area contributed by atoms with Gasteiger partial charge in [0.25, 0.3) is 0 Å². The first-order valence-corrected chi connectivity index (χ1v) is 9.27. The minimum atomic E-state index is -3.56. The second-order valence-corrected chi connectivity index (χ2v) is 7.54. The molecule has 0 fully saturated rings. The van der Waals surface area contributed by atoms with Gasteiger partial charge in [0.2, 0.25) is 10.0 Å². The summed E-state index contributed by atoms with van der Waals surface area (Å²) in [4.78, 5) is 1.29. The average molecular weight is 324 g/mol. The van der Waals surface area contributed by atoms with Gasteiger partial charge in [-0.15, -0.1) is 11.3 Å². The standard InChI is InChI=1S/C15H20N2O2S2/c1-3-11-8-14(16)13(4-2)15(9-11)21(18,19)17-10-12-6-5-7-20-12/h5-9,17H,3-4,10,16H2,1-2H3. The molecule has 114 valence electrons. The quantitative estimate of drug-likeness (QED) is 0.803. The fraction of sp³-hybridized carbons (Fsp3) is 0.333. The summed E-state index contributed by atoms with van der Waals surface area (Å²) in [6.45, 7) is 4.20. The molecule has 3 N–H and O–H groups in total. The summed E-state index contributed by atoms with van der Waals surface area (Å²) >= 11 is 1.53. The molecular formula is C15H20N2O2S2. The van der Waals surface area contributed by atoms with E-state index in [0.717, 1.165) is 16.9 Å². The van der Waals surface area contributed by atoms with Gasteiger partial charge in [0, 0.05) is 17.1 Å². The van der Waals surface area contributed by atoms with E-state index in [2.05, 4.69) is 4.72 Å². The van der Waals surface area contributed by atoms with Crippen molar-refractivity contribution in [2.45, 2.75) is 38.1 Å². The number of thiophene rings is 1. The Hall–Kier alpha value is -1.37. The number of hydrogen-bond acceptors (Lipinski definition) is 4. The lowest BCUT2D eigenvalue weighted by atomic mass is 10.1. The maximum Gasteiger partial charge on any atom is 0.241 e. The summed E-state index contributed by atoms with van der Waals surface area (Å²) in [7, 11) is -3.56. The number of rotatable bonds is 6. The van der Waals surface area contributed by atoms with E-state index in [1.165, 1.54) is 11.3 Å². The van der Waals surface area contributed by atoms with E-state index in [1.54, 1.807) is 6.07 Å². The zero-order valence-corrected chi connectivity index (χ0v) is 13.9. The van der Waals surface area contributed by atoms with E-state index in [-0.39, 0.29) is 0 Å². The monoisotopic (exact) mass is 324 g/mol. The molecule has 0 radical (unpaired) electrons. The van der Waals surface area contributed by atoms with Crippen LogP contribution in [0.1, 0.15) is 29.9 Å². The van der Waals surface area contributed by atoms with Gasteiger partial charge in [-0.1, -0.05) is 19.9 Å². The minimum Gasteiger partial charge on any atom is -0.398 e. The van der Waals surface area contributed by atoms with Gasteiger partial charge in [-0.05, 0) is 47.5 Å². The Balaban J connectivity index is 2.36. The molecule has 1 heterocycles. The zero-order valence-electron chi connectivity index (χ0n) is 12.2. The Morgan fingerprint density at radius 1 is 1.24 bits per heavy atom. The van der Waals surface area contributed by atoms with Crippen molar-refractivity contribution in [1.29, 1.82) is 0 Å². The van der Waals surface area contributed by atoms with Crippen molar-refractivity contribution in [3.63, 3.8) is 0 Å². The molecule has 0 amide bonds. The van der Waals surface area contributed by atoms with Crippen LogP contribution in [-0.4, -0.2) is 8.42 Å². The topological polar surface area (TPSA) is 72.2 Å². The number of nitrogens with two attached hydrogens (primary N) is 1. The molecular weight excluding hydrogens is 304 g/mol. The van der Waals surface area contributed by atoms with Crippen LogP contribution in [0.5, 0.6) is 0 Å². The summed E-state index contributed by atoms with van der Waals surface area (Å²) in [5.74, 6) is 0. The largest absolute Gasteiger partial charge is 0.398 e. The van der Waals surface area contributed by atoms with Crippen molar-refractivity contribution < 1.29 is 8.42 Å². The van der Waals surface area contributed by atoms with E-state index in [1.807, 2.05) is 37.4 Å². The first-order valence-electron chi connectivity index (χ1n) is 6.91. The van der Waals surface area contributed by atoms with E-state index in [4.69, 9.17) is 5.73 Å². The van der Waals surface area contributed by atoms with Crippen LogP contribution in [0.3, 0.4) is 0 Å². The molecule has 6 heteroatoms. The molecule has 0 bridgehead atoms. The third kappa shape index (κ3) is 3.64. The summed E-state index contributed by atoms with van der Waals surface area (Å²) < 4.78 is 27.8. The third-order valence-electron chi connectivity index (χ3n) is 3.37. The predicted octanol–water partition coefficient (Wildman–Crippen LogP) is 2.93. The second-order valence-electron chi connectivity index (χ2n) is 4.77. The molecule has 2 aromatic rings. The number of nitrogen functional groups attached to an aromatic ring is 1. The van der Waals surface area contributed by atoms with E-state index in [9.17, 15) is 8.42 Å². The molecule has 0 saturated carbocycles. The lowest BCUT2D eigenvalue weighted by molar-refractivity contribution is 0.580. The maximum absolute atomic E-state index is 12.6. The molecule has 0 aliphatic rings. The molecule has 0 aliphatic carbocycles. The van der Waals surface area contributed by atoms with Crippen LogP contribution >= 0.6 is 11.3 Å². The highest BCUT2D eigenvalue weighted by Gasteiger charge is 2.20. The predicted molar refractivity (Wildman–Crippen MR) is 88.0 cm³/mol. The van der Waals surface area contributed by atoms with Crippen LogP contribution in [0.25, 0.3) is 0 Å². The highest BCUT2D eigenvalue weighted by Crippen LogP contribution is 2.25. The van der Waals surface area contributed by atoms with Crippen LogP contribution in [0.15, 0.2) is 34.5 Å². The lowest BCUT2D eigenvalue weighted by Crippen LogP contribution is -2.24. The average Bonchev–Trinajstić information content (AvgIpc) is 2.97. The number of sulfonamides is 1. The van der Waals surface area contributed by atoms with Gasteiger partial charge in [-0.25, -0.2) is 13.1 Å². The Morgan fingerprint density at radius 2 is 2.00 bits per heavy atom. The number of hydrogen-bond donors (Lipinski definition) is 2. The van der Waals surface area contributed by atoms with Crippen molar-refractivity contribution in [2.75, 3.05) is 5.73 Å². The van der Waals surface area contributed by atoms with E-state index >= 15 is 0 Å². The van der Waals surface area contributed by atoms with Gasteiger partial charge in [0.1, 0.15) is 0 Å². The number of nitrogens with one attached hydrogen (secondary N) is 1.